The second-order valence-corrected chi connectivity index (χ2v) is 2.02. The van der Waals surface area contributed by atoms with Gasteiger partial charge in [-0.2, -0.15) is 0 Å². The Morgan fingerprint density at radius 1 is 1.18 bits per heavy atom. The summed E-state index contributed by atoms with van der Waals surface area (Å²) in [4.78, 5) is 20.2. The minimum absolute atomic E-state index is 0.0319. The molecule has 0 radical (unpaired) electrons. The van der Waals surface area contributed by atoms with Gasteiger partial charge in [-0.05, 0) is 12.1 Å². The third-order valence-electron chi connectivity index (χ3n) is 1.29. The average molecular weight is 152 g/mol. The third-order valence-corrected chi connectivity index (χ3v) is 1.29. The molecule has 11 heavy (non-hydrogen) atoms. The lowest BCUT2D eigenvalue weighted by Crippen LogP contribution is -1.89. The van der Waals surface area contributed by atoms with Crippen molar-refractivity contribution in [2.75, 3.05) is 0 Å². The average Bonchev–Trinajstić information content (AvgIpc) is 2.04. The number of carbonyl (C=O) groups excluding carboxylic acids is 2. The summed E-state index contributed by atoms with van der Waals surface area (Å²) in [5.74, 6) is -0.662. The Bertz CT molecular complexity index is 294. The maximum Gasteiger partial charge on any atom is 0.152 e. The highest BCUT2D eigenvalue weighted by Gasteiger charge is 2.00. The van der Waals surface area contributed by atoms with Crippen LogP contribution in [-0.4, -0.2) is 12.6 Å². The maximum atomic E-state index is 12.6. The Morgan fingerprint density at radius 2 is 1.91 bits per heavy atom. The Morgan fingerprint density at radius 3 is 2.36 bits per heavy atom. The molecule has 0 amide bonds. The summed E-state index contributed by atoms with van der Waals surface area (Å²) in [6.07, 6.45) is 0.932. The van der Waals surface area contributed by atoms with E-state index in [0.717, 1.165) is 6.07 Å². The fourth-order valence-electron chi connectivity index (χ4n) is 0.712. The van der Waals surface area contributed by atoms with Gasteiger partial charge in [0.05, 0.1) is 5.56 Å². The lowest BCUT2D eigenvalue weighted by atomic mass is 10.1. The van der Waals surface area contributed by atoms with E-state index in [2.05, 4.69) is 0 Å². The van der Waals surface area contributed by atoms with Gasteiger partial charge in [-0.1, -0.05) is 6.07 Å². The molecular weight excluding hydrogens is 147 g/mol. The second kappa shape index (κ2) is 3.05. The summed E-state index contributed by atoms with van der Waals surface area (Å²) >= 11 is 0. The molecule has 0 aliphatic carbocycles. The highest BCUT2D eigenvalue weighted by molar-refractivity contribution is 5.79. The Labute approximate surface area is 62.6 Å². The molecule has 0 aromatic heterocycles. The molecule has 0 bridgehead atoms. The standard InChI is InChI=1S/C8H5FO2/c9-8-3-6(4-10)1-2-7(8)5-11/h1-5H. The normalized spacial score (nSPS) is 9.18. The first-order chi connectivity index (χ1) is 5.27. The summed E-state index contributed by atoms with van der Waals surface area (Å²) in [6, 6.07) is 3.68. The summed E-state index contributed by atoms with van der Waals surface area (Å²) in [6.45, 7) is 0. The number of benzene rings is 1. The molecule has 2 nitrogen and oxygen atoms in total. The first kappa shape index (κ1) is 7.60. The van der Waals surface area contributed by atoms with E-state index in [9.17, 15) is 14.0 Å². The molecule has 0 aliphatic heterocycles. The Kier molecular flexibility index (Phi) is 2.11. The number of carbonyl (C=O) groups is 2. The fraction of sp³-hybridized carbons (Fsp3) is 0. The van der Waals surface area contributed by atoms with E-state index in [1.54, 1.807) is 0 Å². The van der Waals surface area contributed by atoms with Crippen LogP contribution in [0.25, 0.3) is 0 Å². The van der Waals surface area contributed by atoms with Crippen LogP contribution in [0.4, 0.5) is 4.39 Å². The smallest absolute Gasteiger partial charge is 0.152 e. The minimum Gasteiger partial charge on any atom is -0.298 e. The van der Waals surface area contributed by atoms with Crippen molar-refractivity contribution in [3.8, 4) is 0 Å². The minimum atomic E-state index is -0.662. The molecule has 0 aliphatic rings. The molecule has 0 saturated heterocycles. The molecule has 0 heterocycles. The number of rotatable bonds is 2. The van der Waals surface area contributed by atoms with Crippen molar-refractivity contribution < 1.29 is 14.0 Å². The van der Waals surface area contributed by atoms with Crippen molar-refractivity contribution in [3.63, 3.8) is 0 Å². The molecule has 0 saturated carbocycles. The van der Waals surface area contributed by atoms with E-state index < -0.39 is 5.82 Å². The Hall–Kier alpha value is -1.51. The van der Waals surface area contributed by atoms with Crippen molar-refractivity contribution in [2.24, 2.45) is 0 Å². The van der Waals surface area contributed by atoms with Crippen LogP contribution in [0.3, 0.4) is 0 Å². The van der Waals surface area contributed by atoms with Crippen LogP contribution in [0.1, 0.15) is 20.7 Å². The largest absolute Gasteiger partial charge is 0.298 e. The highest BCUT2D eigenvalue weighted by Crippen LogP contribution is 2.06. The van der Waals surface area contributed by atoms with E-state index >= 15 is 0 Å². The zero-order valence-corrected chi connectivity index (χ0v) is 5.58. The van der Waals surface area contributed by atoms with Gasteiger partial charge in [0, 0.05) is 5.56 Å². The number of halogens is 1. The van der Waals surface area contributed by atoms with Crippen LogP contribution in [-0.2, 0) is 0 Å². The molecule has 0 fully saturated rings. The maximum absolute atomic E-state index is 12.6. The zero-order chi connectivity index (χ0) is 8.27. The van der Waals surface area contributed by atoms with Gasteiger partial charge in [0.2, 0.25) is 0 Å². The number of aldehydes is 2. The lowest BCUT2D eigenvalue weighted by molar-refractivity contribution is 0.110. The number of hydrogen-bond acceptors (Lipinski definition) is 2. The summed E-state index contributed by atoms with van der Waals surface area (Å²) < 4.78 is 12.6. The molecule has 1 aromatic rings. The van der Waals surface area contributed by atoms with Gasteiger partial charge in [-0.25, -0.2) is 4.39 Å². The predicted molar refractivity (Wildman–Crippen MR) is 37.2 cm³/mol. The van der Waals surface area contributed by atoms with Crippen molar-refractivity contribution in [1.82, 2.24) is 0 Å². The monoisotopic (exact) mass is 152 g/mol. The molecule has 1 rings (SSSR count). The van der Waals surface area contributed by atoms with Gasteiger partial charge in [-0.3, -0.25) is 9.59 Å². The van der Waals surface area contributed by atoms with Crippen molar-refractivity contribution in [2.45, 2.75) is 0 Å². The van der Waals surface area contributed by atoms with Crippen molar-refractivity contribution >= 4 is 12.6 Å². The van der Waals surface area contributed by atoms with Crippen molar-refractivity contribution in [3.05, 3.63) is 35.1 Å². The van der Waals surface area contributed by atoms with Crippen LogP contribution in [0.15, 0.2) is 18.2 Å². The molecule has 0 atom stereocenters. The summed E-state index contributed by atoms with van der Waals surface area (Å²) in [5.41, 5.74) is 0.198. The molecule has 0 N–H and O–H groups in total. The molecule has 0 spiro atoms. The highest BCUT2D eigenvalue weighted by atomic mass is 19.1. The Balaban J connectivity index is 3.18. The van der Waals surface area contributed by atoms with E-state index in [1.165, 1.54) is 12.1 Å². The summed E-state index contributed by atoms with van der Waals surface area (Å²) in [5, 5.41) is 0. The first-order valence-corrected chi connectivity index (χ1v) is 2.98. The second-order valence-electron chi connectivity index (χ2n) is 2.02. The molecule has 3 heteroatoms. The van der Waals surface area contributed by atoms with Crippen LogP contribution in [0.5, 0.6) is 0 Å². The van der Waals surface area contributed by atoms with Crippen LogP contribution in [0, 0.1) is 5.82 Å². The lowest BCUT2D eigenvalue weighted by Gasteiger charge is -1.93. The van der Waals surface area contributed by atoms with Gasteiger partial charge < -0.3 is 0 Å². The van der Waals surface area contributed by atoms with E-state index in [1.807, 2.05) is 0 Å². The van der Waals surface area contributed by atoms with E-state index in [4.69, 9.17) is 0 Å². The third kappa shape index (κ3) is 1.49. The van der Waals surface area contributed by atoms with Gasteiger partial charge in [0.1, 0.15) is 12.1 Å². The molecular formula is C8H5FO2. The SMILES string of the molecule is O=Cc1ccc(C=O)c(F)c1. The topological polar surface area (TPSA) is 34.1 Å². The zero-order valence-electron chi connectivity index (χ0n) is 5.58. The van der Waals surface area contributed by atoms with Gasteiger partial charge in [-0.15, -0.1) is 0 Å². The van der Waals surface area contributed by atoms with E-state index in [0.29, 0.717) is 12.6 Å². The molecule has 56 valence electrons. The van der Waals surface area contributed by atoms with Gasteiger partial charge >= 0.3 is 0 Å². The fourth-order valence-corrected chi connectivity index (χ4v) is 0.712. The van der Waals surface area contributed by atoms with Crippen LogP contribution in [0.2, 0.25) is 0 Å². The van der Waals surface area contributed by atoms with Gasteiger partial charge in [0.25, 0.3) is 0 Å². The number of hydrogen-bond donors (Lipinski definition) is 0. The summed E-state index contributed by atoms with van der Waals surface area (Å²) in [7, 11) is 0. The predicted octanol–water partition coefficient (Wildman–Crippen LogP) is 1.45. The quantitative estimate of drug-likeness (QED) is 0.601. The molecule has 1 aromatic carbocycles. The van der Waals surface area contributed by atoms with E-state index in [-0.39, 0.29) is 11.1 Å². The van der Waals surface area contributed by atoms with Crippen molar-refractivity contribution in [1.29, 1.82) is 0 Å². The first-order valence-electron chi connectivity index (χ1n) is 2.98. The van der Waals surface area contributed by atoms with Gasteiger partial charge in [0.15, 0.2) is 6.29 Å². The van der Waals surface area contributed by atoms with Crippen LogP contribution >= 0.6 is 0 Å². The molecule has 0 unspecified atom stereocenters. The van der Waals surface area contributed by atoms with Crippen LogP contribution < -0.4 is 0 Å².